The van der Waals surface area contributed by atoms with Gasteiger partial charge < -0.3 is 10.6 Å². The van der Waals surface area contributed by atoms with E-state index in [1.807, 2.05) is 0 Å². The summed E-state index contributed by atoms with van der Waals surface area (Å²) in [6.45, 7) is 1.78. The van der Waals surface area contributed by atoms with Crippen LogP contribution in [0.15, 0.2) is 0 Å². The Bertz CT molecular complexity index is 166. The van der Waals surface area contributed by atoms with Gasteiger partial charge in [0.1, 0.15) is 0 Å². The van der Waals surface area contributed by atoms with E-state index < -0.39 is 0 Å². The standard InChI is InChI=1S/2C5H9NO/c2*7-5-3-1-2-4-6-5/h2*1-4H2,(H,6,7). The number of hydrogen-bond donors (Lipinski definition) is 2. The zero-order valence-electron chi connectivity index (χ0n) is 8.47. The molecule has 0 saturated carbocycles. The fraction of sp³-hybridized carbons (Fsp3) is 0.800. The lowest BCUT2D eigenvalue weighted by atomic mass is 10.2. The third-order valence-corrected chi connectivity index (χ3v) is 2.31. The Morgan fingerprint density at radius 2 is 1.14 bits per heavy atom. The van der Waals surface area contributed by atoms with Crippen LogP contribution in [0.4, 0.5) is 0 Å². The SMILES string of the molecule is O=C1CCCCN1.O=C1CCCCN1. The number of nitrogens with one attached hydrogen (secondary N) is 2. The third-order valence-electron chi connectivity index (χ3n) is 2.31. The second kappa shape index (κ2) is 6.40. The van der Waals surface area contributed by atoms with E-state index in [-0.39, 0.29) is 11.8 Å². The Morgan fingerprint density at radius 3 is 1.29 bits per heavy atom. The molecular formula is C10H18N2O2. The number of rotatable bonds is 0. The summed E-state index contributed by atoms with van der Waals surface area (Å²) in [5.41, 5.74) is 0. The highest BCUT2D eigenvalue weighted by atomic mass is 16.2. The summed E-state index contributed by atoms with van der Waals surface area (Å²) < 4.78 is 0. The van der Waals surface area contributed by atoms with E-state index >= 15 is 0 Å². The molecule has 0 aliphatic carbocycles. The Morgan fingerprint density at radius 1 is 0.714 bits per heavy atom. The summed E-state index contributed by atoms with van der Waals surface area (Å²) in [5, 5.41) is 5.49. The van der Waals surface area contributed by atoms with Crippen molar-refractivity contribution in [3.63, 3.8) is 0 Å². The van der Waals surface area contributed by atoms with Crippen LogP contribution in [0.3, 0.4) is 0 Å². The molecule has 0 atom stereocenters. The predicted octanol–water partition coefficient (Wildman–Crippen LogP) is 0.573. The molecule has 2 aliphatic heterocycles. The van der Waals surface area contributed by atoms with Crippen molar-refractivity contribution in [1.82, 2.24) is 10.6 Å². The van der Waals surface area contributed by atoms with Crippen molar-refractivity contribution in [2.24, 2.45) is 0 Å². The Balaban J connectivity index is 0.000000140. The van der Waals surface area contributed by atoms with Gasteiger partial charge in [-0.05, 0) is 25.7 Å². The van der Waals surface area contributed by atoms with E-state index in [9.17, 15) is 9.59 Å². The zero-order chi connectivity index (χ0) is 10.2. The number of carbonyl (C=O) groups is 2. The van der Waals surface area contributed by atoms with Crippen LogP contribution in [-0.4, -0.2) is 24.9 Å². The smallest absolute Gasteiger partial charge is 0.219 e. The lowest BCUT2D eigenvalue weighted by molar-refractivity contribution is -0.123. The normalized spacial score (nSPS) is 21.4. The van der Waals surface area contributed by atoms with Gasteiger partial charge in [0.2, 0.25) is 11.8 Å². The molecule has 2 amide bonds. The summed E-state index contributed by atoms with van der Waals surface area (Å²) >= 11 is 0. The first-order valence-electron chi connectivity index (χ1n) is 5.32. The van der Waals surface area contributed by atoms with Gasteiger partial charge in [-0.1, -0.05) is 0 Å². The van der Waals surface area contributed by atoms with Gasteiger partial charge >= 0.3 is 0 Å². The molecule has 2 N–H and O–H groups in total. The van der Waals surface area contributed by atoms with Gasteiger partial charge in [0.25, 0.3) is 0 Å². The molecule has 2 fully saturated rings. The molecule has 2 heterocycles. The molecule has 0 bridgehead atoms. The van der Waals surface area contributed by atoms with Gasteiger partial charge in [0.05, 0.1) is 0 Å². The van der Waals surface area contributed by atoms with Crippen molar-refractivity contribution in [3.05, 3.63) is 0 Å². The quantitative estimate of drug-likeness (QED) is 0.598. The maximum atomic E-state index is 10.4. The van der Waals surface area contributed by atoms with Gasteiger partial charge in [0.15, 0.2) is 0 Å². The van der Waals surface area contributed by atoms with Crippen LogP contribution in [0, 0.1) is 0 Å². The Hall–Kier alpha value is -1.06. The second-order valence-electron chi connectivity index (χ2n) is 3.61. The van der Waals surface area contributed by atoms with Gasteiger partial charge in [-0.15, -0.1) is 0 Å². The largest absolute Gasteiger partial charge is 0.356 e. The van der Waals surface area contributed by atoms with Crippen molar-refractivity contribution >= 4 is 11.8 Å². The van der Waals surface area contributed by atoms with E-state index in [2.05, 4.69) is 10.6 Å². The zero-order valence-corrected chi connectivity index (χ0v) is 8.47. The molecule has 0 aromatic carbocycles. The van der Waals surface area contributed by atoms with Gasteiger partial charge in [-0.3, -0.25) is 9.59 Å². The highest BCUT2D eigenvalue weighted by molar-refractivity contribution is 5.76. The van der Waals surface area contributed by atoms with Crippen molar-refractivity contribution in [1.29, 1.82) is 0 Å². The van der Waals surface area contributed by atoms with E-state index in [0.717, 1.165) is 51.6 Å². The van der Waals surface area contributed by atoms with Crippen LogP contribution >= 0.6 is 0 Å². The van der Waals surface area contributed by atoms with Crippen molar-refractivity contribution in [2.75, 3.05) is 13.1 Å². The van der Waals surface area contributed by atoms with Crippen molar-refractivity contribution < 1.29 is 9.59 Å². The molecule has 0 aromatic rings. The third kappa shape index (κ3) is 4.84. The molecule has 4 heteroatoms. The molecule has 2 aliphatic rings. The fourth-order valence-electron chi connectivity index (χ4n) is 1.45. The van der Waals surface area contributed by atoms with Crippen LogP contribution in [0.1, 0.15) is 38.5 Å². The van der Waals surface area contributed by atoms with E-state index in [4.69, 9.17) is 0 Å². The summed E-state index contributed by atoms with van der Waals surface area (Å²) in [4.78, 5) is 20.7. The van der Waals surface area contributed by atoms with E-state index in [0.29, 0.717) is 0 Å². The van der Waals surface area contributed by atoms with Crippen LogP contribution in [0.2, 0.25) is 0 Å². The minimum atomic E-state index is 0.214. The number of carbonyl (C=O) groups excluding carboxylic acids is 2. The lowest BCUT2D eigenvalue weighted by Crippen LogP contribution is -2.28. The lowest BCUT2D eigenvalue weighted by Gasteiger charge is -2.08. The highest BCUT2D eigenvalue weighted by Crippen LogP contribution is 1.99. The first kappa shape index (κ1) is 11.0. The van der Waals surface area contributed by atoms with Crippen LogP contribution in [0.25, 0.3) is 0 Å². The first-order chi connectivity index (χ1) is 6.79. The maximum Gasteiger partial charge on any atom is 0.219 e. The number of amides is 2. The highest BCUT2D eigenvalue weighted by Gasteiger charge is 2.04. The molecule has 2 saturated heterocycles. The van der Waals surface area contributed by atoms with Gasteiger partial charge in [-0.2, -0.15) is 0 Å². The minimum absolute atomic E-state index is 0.214. The number of piperidine rings is 2. The molecule has 80 valence electrons. The van der Waals surface area contributed by atoms with Crippen molar-refractivity contribution in [3.8, 4) is 0 Å². The fourth-order valence-corrected chi connectivity index (χ4v) is 1.45. The van der Waals surface area contributed by atoms with Crippen LogP contribution < -0.4 is 10.6 Å². The average Bonchev–Trinajstić information content (AvgIpc) is 2.21. The first-order valence-corrected chi connectivity index (χ1v) is 5.32. The number of hydrogen-bond acceptors (Lipinski definition) is 2. The average molecular weight is 198 g/mol. The van der Waals surface area contributed by atoms with E-state index in [1.165, 1.54) is 0 Å². The maximum absolute atomic E-state index is 10.4. The monoisotopic (exact) mass is 198 g/mol. The topological polar surface area (TPSA) is 58.2 Å². The summed E-state index contributed by atoms with van der Waals surface area (Å²) in [5.74, 6) is 0.428. The summed E-state index contributed by atoms with van der Waals surface area (Å²) in [6, 6.07) is 0. The van der Waals surface area contributed by atoms with E-state index in [1.54, 1.807) is 0 Å². The summed E-state index contributed by atoms with van der Waals surface area (Å²) in [6.07, 6.45) is 5.94. The molecule has 0 unspecified atom stereocenters. The molecule has 0 radical (unpaired) electrons. The van der Waals surface area contributed by atoms with Gasteiger partial charge in [-0.25, -0.2) is 0 Å². The molecule has 0 spiro atoms. The minimum Gasteiger partial charge on any atom is -0.356 e. The van der Waals surface area contributed by atoms with Crippen LogP contribution in [-0.2, 0) is 9.59 Å². The molecule has 0 aromatic heterocycles. The molecule has 4 nitrogen and oxygen atoms in total. The molecule has 14 heavy (non-hydrogen) atoms. The summed E-state index contributed by atoms with van der Waals surface area (Å²) in [7, 11) is 0. The van der Waals surface area contributed by atoms with Gasteiger partial charge in [0, 0.05) is 25.9 Å². The second-order valence-corrected chi connectivity index (χ2v) is 3.61. The Kier molecular flexibility index (Phi) is 5.04. The van der Waals surface area contributed by atoms with Crippen molar-refractivity contribution in [2.45, 2.75) is 38.5 Å². The predicted molar refractivity (Wildman–Crippen MR) is 53.7 cm³/mol. The molecule has 2 rings (SSSR count). The molecular weight excluding hydrogens is 180 g/mol. The Labute approximate surface area is 84.4 Å². The van der Waals surface area contributed by atoms with Crippen LogP contribution in [0.5, 0.6) is 0 Å².